The van der Waals surface area contributed by atoms with Crippen molar-refractivity contribution in [2.45, 2.75) is 32.4 Å². The molecular weight excluding hydrogens is 240 g/mol. The molecule has 0 aromatic carbocycles. The van der Waals surface area contributed by atoms with E-state index in [1.807, 2.05) is 6.92 Å². The van der Waals surface area contributed by atoms with Crippen molar-refractivity contribution in [3.8, 4) is 0 Å². The summed E-state index contributed by atoms with van der Waals surface area (Å²) in [6.07, 6.45) is 3.52. The fraction of sp³-hybridized carbons (Fsp3) is 0.636. The van der Waals surface area contributed by atoms with Gasteiger partial charge >= 0.3 is 0 Å². The maximum atomic E-state index is 11.8. The van der Waals surface area contributed by atoms with Crippen molar-refractivity contribution >= 4 is 17.3 Å². The van der Waals surface area contributed by atoms with E-state index in [0.717, 1.165) is 31.6 Å². The summed E-state index contributed by atoms with van der Waals surface area (Å²) in [6.45, 7) is 4.06. The van der Waals surface area contributed by atoms with E-state index in [2.05, 4.69) is 10.00 Å². The van der Waals surface area contributed by atoms with Crippen LogP contribution in [0, 0.1) is 0 Å². The van der Waals surface area contributed by atoms with Crippen molar-refractivity contribution in [3.05, 3.63) is 21.6 Å². The summed E-state index contributed by atoms with van der Waals surface area (Å²) in [4.78, 5) is 13.9. The molecule has 1 saturated heterocycles. The summed E-state index contributed by atoms with van der Waals surface area (Å²) >= 11 is 6.10. The molecular formula is C11H17ClN4O. The number of nitrogens with zero attached hydrogens (tertiary/aromatic N) is 3. The molecule has 0 bridgehead atoms. The Morgan fingerprint density at radius 3 is 2.76 bits per heavy atom. The van der Waals surface area contributed by atoms with Gasteiger partial charge in [-0.1, -0.05) is 11.6 Å². The van der Waals surface area contributed by atoms with Crippen LogP contribution in [0.5, 0.6) is 0 Å². The number of aromatic nitrogens is 2. The highest BCUT2D eigenvalue weighted by Crippen LogP contribution is 2.24. The molecule has 0 atom stereocenters. The predicted octanol–water partition coefficient (Wildman–Crippen LogP) is 0.844. The third-order valence-electron chi connectivity index (χ3n) is 3.15. The summed E-state index contributed by atoms with van der Waals surface area (Å²) in [6, 6.07) is 0.258. The second-order valence-electron chi connectivity index (χ2n) is 4.29. The molecule has 0 radical (unpaired) electrons. The molecule has 0 spiro atoms. The molecule has 2 heterocycles. The zero-order valence-corrected chi connectivity index (χ0v) is 10.7. The van der Waals surface area contributed by atoms with Crippen LogP contribution < -0.4 is 16.2 Å². The van der Waals surface area contributed by atoms with E-state index in [1.54, 1.807) is 6.20 Å². The fourth-order valence-corrected chi connectivity index (χ4v) is 2.31. The largest absolute Gasteiger partial charge is 0.369 e. The first-order valence-corrected chi connectivity index (χ1v) is 6.27. The number of halogens is 1. The van der Waals surface area contributed by atoms with E-state index in [9.17, 15) is 4.79 Å². The second-order valence-corrected chi connectivity index (χ2v) is 4.67. The Bertz CT molecular complexity index is 451. The lowest BCUT2D eigenvalue weighted by Gasteiger charge is -2.32. The van der Waals surface area contributed by atoms with Crippen LogP contribution in [0.2, 0.25) is 5.02 Å². The van der Waals surface area contributed by atoms with Crippen molar-refractivity contribution < 1.29 is 0 Å². The van der Waals surface area contributed by atoms with Gasteiger partial charge in [0.2, 0.25) is 0 Å². The average molecular weight is 257 g/mol. The number of hydrogen-bond donors (Lipinski definition) is 1. The Labute approximate surface area is 105 Å². The predicted molar refractivity (Wildman–Crippen MR) is 68.6 cm³/mol. The van der Waals surface area contributed by atoms with Crippen molar-refractivity contribution in [2.24, 2.45) is 5.73 Å². The minimum atomic E-state index is -0.221. The summed E-state index contributed by atoms with van der Waals surface area (Å²) < 4.78 is 1.36. The molecule has 2 N–H and O–H groups in total. The molecule has 0 saturated carbocycles. The zero-order valence-electron chi connectivity index (χ0n) is 9.90. The highest BCUT2D eigenvalue weighted by atomic mass is 35.5. The summed E-state index contributed by atoms with van der Waals surface area (Å²) in [5.41, 5.74) is 6.36. The number of piperidine rings is 1. The van der Waals surface area contributed by atoms with Crippen LogP contribution in [0.25, 0.3) is 0 Å². The van der Waals surface area contributed by atoms with Gasteiger partial charge in [-0.05, 0) is 19.8 Å². The van der Waals surface area contributed by atoms with Gasteiger partial charge in [0.25, 0.3) is 5.56 Å². The third-order valence-corrected chi connectivity index (χ3v) is 3.50. The smallest absolute Gasteiger partial charge is 0.287 e. The molecule has 1 aromatic heterocycles. The van der Waals surface area contributed by atoms with E-state index < -0.39 is 0 Å². The lowest BCUT2D eigenvalue weighted by atomic mass is 10.1. The van der Waals surface area contributed by atoms with Crippen LogP contribution in [0.15, 0.2) is 11.0 Å². The maximum Gasteiger partial charge on any atom is 0.287 e. The first kappa shape index (κ1) is 12.4. The topological polar surface area (TPSA) is 64.2 Å². The van der Waals surface area contributed by atoms with Crippen LogP contribution in [-0.4, -0.2) is 28.9 Å². The van der Waals surface area contributed by atoms with E-state index in [0.29, 0.717) is 6.54 Å². The number of anilines is 1. The van der Waals surface area contributed by atoms with E-state index in [4.69, 9.17) is 17.3 Å². The van der Waals surface area contributed by atoms with E-state index >= 15 is 0 Å². The molecule has 6 heteroatoms. The monoisotopic (exact) mass is 256 g/mol. The molecule has 2 rings (SSSR count). The number of aryl methyl sites for hydroxylation is 1. The van der Waals surface area contributed by atoms with Gasteiger partial charge in [0.05, 0.1) is 11.9 Å². The summed E-state index contributed by atoms with van der Waals surface area (Å²) in [5, 5.41) is 4.36. The molecule has 0 amide bonds. The molecule has 1 fully saturated rings. The van der Waals surface area contributed by atoms with Gasteiger partial charge in [0.15, 0.2) is 0 Å². The summed E-state index contributed by atoms with van der Waals surface area (Å²) in [7, 11) is 0. The molecule has 5 nitrogen and oxygen atoms in total. The van der Waals surface area contributed by atoms with Gasteiger partial charge in [-0.3, -0.25) is 4.79 Å². The van der Waals surface area contributed by atoms with Crippen molar-refractivity contribution in [1.29, 1.82) is 0 Å². The average Bonchev–Trinajstić information content (AvgIpc) is 2.34. The maximum absolute atomic E-state index is 11.8. The van der Waals surface area contributed by atoms with Crippen molar-refractivity contribution in [2.75, 3.05) is 18.0 Å². The zero-order chi connectivity index (χ0) is 12.4. The van der Waals surface area contributed by atoms with E-state index in [1.165, 1.54) is 4.68 Å². The Hall–Kier alpha value is -1.07. The van der Waals surface area contributed by atoms with E-state index in [-0.39, 0.29) is 16.6 Å². The Morgan fingerprint density at radius 1 is 1.53 bits per heavy atom. The van der Waals surface area contributed by atoms with Crippen LogP contribution in [0.1, 0.15) is 19.8 Å². The minimum absolute atomic E-state index is 0.221. The normalized spacial score (nSPS) is 17.5. The number of nitrogens with two attached hydrogens (primary N) is 1. The summed E-state index contributed by atoms with van der Waals surface area (Å²) in [5.74, 6) is 0. The molecule has 17 heavy (non-hydrogen) atoms. The van der Waals surface area contributed by atoms with Crippen molar-refractivity contribution in [3.63, 3.8) is 0 Å². The van der Waals surface area contributed by atoms with Gasteiger partial charge in [0, 0.05) is 25.7 Å². The highest BCUT2D eigenvalue weighted by molar-refractivity contribution is 6.33. The fourth-order valence-electron chi connectivity index (χ4n) is 2.04. The van der Waals surface area contributed by atoms with Crippen LogP contribution >= 0.6 is 11.6 Å². The first-order valence-electron chi connectivity index (χ1n) is 5.89. The Morgan fingerprint density at radius 2 is 2.18 bits per heavy atom. The van der Waals surface area contributed by atoms with Gasteiger partial charge in [-0.2, -0.15) is 5.10 Å². The molecule has 1 aromatic rings. The molecule has 1 aliphatic rings. The molecule has 0 aliphatic carbocycles. The van der Waals surface area contributed by atoms with Gasteiger partial charge in [-0.15, -0.1) is 0 Å². The number of rotatable bonds is 2. The van der Waals surface area contributed by atoms with Crippen LogP contribution in [0.3, 0.4) is 0 Å². The van der Waals surface area contributed by atoms with Crippen LogP contribution in [-0.2, 0) is 6.54 Å². The second kappa shape index (κ2) is 5.06. The molecule has 0 unspecified atom stereocenters. The first-order chi connectivity index (χ1) is 8.13. The lowest BCUT2D eigenvalue weighted by Crippen LogP contribution is -2.40. The Kier molecular flexibility index (Phi) is 3.69. The lowest BCUT2D eigenvalue weighted by molar-refractivity contribution is 0.499. The van der Waals surface area contributed by atoms with Gasteiger partial charge < -0.3 is 10.6 Å². The number of hydrogen-bond acceptors (Lipinski definition) is 4. The van der Waals surface area contributed by atoms with Crippen LogP contribution in [0.4, 0.5) is 5.69 Å². The standard InChI is InChI=1S/C11H17ClN4O/c1-2-16-11(17)10(12)9(7-14-16)15-5-3-8(13)4-6-15/h7-8H,2-6,13H2,1H3. The minimum Gasteiger partial charge on any atom is -0.369 e. The van der Waals surface area contributed by atoms with Gasteiger partial charge in [0.1, 0.15) is 5.02 Å². The molecule has 94 valence electrons. The Balaban J connectivity index is 2.28. The SMILES string of the molecule is CCn1ncc(N2CCC(N)CC2)c(Cl)c1=O. The highest BCUT2D eigenvalue weighted by Gasteiger charge is 2.20. The van der Waals surface area contributed by atoms with Crippen molar-refractivity contribution in [1.82, 2.24) is 9.78 Å². The third kappa shape index (κ3) is 2.45. The quantitative estimate of drug-likeness (QED) is 0.852. The van der Waals surface area contributed by atoms with Gasteiger partial charge in [-0.25, -0.2) is 4.68 Å². The molecule has 1 aliphatic heterocycles.